The molecule has 0 bridgehead atoms. The fourth-order valence-electron chi connectivity index (χ4n) is 1.60. The summed E-state index contributed by atoms with van der Waals surface area (Å²) in [5.41, 5.74) is 0.0458. The zero-order valence-corrected chi connectivity index (χ0v) is 12.1. The largest absolute Gasteiger partial charge is 0.322 e. The van der Waals surface area contributed by atoms with Crippen LogP contribution in [0.25, 0.3) is 0 Å². The average molecular weight is 386 g/mol. The SMILES string of the molecule is O=C(Nc1cc(F)cc([N+](=O)[O-])c1)c1ccccc1I. The molecular weight excluding hydrogens is 378 g/mol. The van der Waals surface area contributed by atoms with E-state index in [0.717, 1.165) is 21.8 Å². The Morgan fingerprint density at radius 3 is 2.60 bits per heavy atom. The van der Waals surface area contributed by atoms with Crippen molar-refractivity contribution in [3.63, 3.8) is 0 Å². The second kappa shape index (κ2) is 5.95. The van der Waals surface area contributed by atoms with Crippen molar-refractivity contribution in [3.05, 3.63) is 67.5 Å². The summed E-state index contributed by atoms with van der Waals surface area (Å²) in [7, 11) is 0. The molecular formula is C13H8FIN2O3. The molecule has 0 aliphatic heterocycles. The maximum Gasteiger partial charge on any atom is 0.274 e. The summed E-state index contributed by atoms with van der Waals surface area (Å²) < 4.78 is 14.0. The molecule has 2 aromatic carbocycles. The van der Waals surface area contributed by atoms with Crippen LogP contribution in [0.5, 0.6) is 0 Å². The summed E-state index contributed by atoms with van der Waals surface area (Å²) >= 11 is 2.00. The van der Waals surface area contributed by atoms with Crippen molar-refractivity contribution in [2.75, 3.05) is 5.32 Å². The summed E-state index contributed by atoms with van der Waals surface area (Å²) in [5, 5.41) is 13.1. The number of non-ortho nitro benzene ring substituents is 1. The summed E-state index contributed by atoms with van der Waals surface area (Å²) in [6, 6.07) is 9.78. The van der Waals surface area contributed by atoms with Crippen LogP contribution in [0.15, 0.2) is 42.5 Å². The van der Waals surface area contributed by atoms with Crippen LogP contribution in [0.2, 0.25) is 0 Å². The lowest BCUT2D eigenvalue weighted by Gasteiger charge is -2.07. The van der Waals surface area contributed by atoms with E-state index in [0.29, 0.717) is 5.56 Å². The summed E-state index contributed by atoms with van der Waals surface area (Å²) in [5.74, 6) is -1.23. The maximum absolute atomic E-state index is 13.3. The number of carbonyl (C=O) groups excluding carboxylic acids is 1. The van der Waals surface area contributed by atoms with Crippen molar-refractivity contribution in [2.45, 2.75) is 0 Å². The van der Waals surface area contributed by atoms with Crippen LogP contribution in [-0.2, 0) is 0 Å². The molecule has 0 saturated carbocycles. The van der Waals surface area contributed by atoms with Gasteiger partial charge in [-0.2, -0.15) is 0 Å². The molecule has 0 unspecified atom stereocenters. The minimum absolute atomic E-state index is 0.0429. The molecule has 0 aromatic heterocycles. The molecule has 0 atom stereocenters. The molecule has 0 radical (unpaired) electrons. The molecule has 7 heteroatoms. The third kappa shape index (κ3) is 3.29. The number of amides is 1. The molecule has 0 aliphatic carbocycles. The topological polar surface area (TPSA) is 72.2 Å². The molecule has 2 rings (SSSR count). The van der Waals surface area contributed by atoms with Gasteiger partial charge in [0.1, 0.15) is 5.82 Å². The molecule has 0 saturated heterocycles. The quantitative estimate of drug-likeness (QED) is 0.498. The Kier molecular flexibility index (Phi) is 4.28. The minimum atomic E-state index is -0.780. The van der Waals surface area contributed by atoms with Crippen LogP contribution in [0.1, 0.15) is 10.4 Å². The minimum Gasteiger partial charge on any atom is -0.322 e. The molecule has 1 amide bonds. The third-order valence-corrected chi connectivity index (χ3v) is 3.41. The van der Waals surface area contributed by atoms with Crippen molar-refractivity contribution >= 4 is 39.9 Å². The fraction of sp³-hybridized carbons (Fsp3) is 0. The van der Waals surface area contributed by atoms with Gasteiger partial charge in [0.15, 0.2) is 0 Å². The fourth-order valence-corrected chi connectivity index (χ4v) is 2.23. The van der Waals surface area contributed by atoms with Crippen LogP contribution < -0.4 is 5.32 Å². The molecule has 0 spiro atoms. The number of hydrogen-bond donors (Lipinski definition) is 1. The Balaban J connectivity index is 2.28. The Bertz CT molecular complexity index is 691. The number of nitro groups is 1. The normalized spacial score (nSPS) is 10.1. The first-order valence-electron chi connectivity index (χ1n) is 5.48. The molecule has 1 N–H and O–H groups in total. The van der Waals surface area contributed by atoms with Gasteiger partial charge in [-0.15, -0.1) is 0 Å². The highest BCUT2D eigenvalue weighted by Gasteiger charge is 2.13. The van der Waals surface area contributed by atoms with E-state index in [9.17, 15) is 19.3 Å². The van der Waals surface area contributed by atoms with Crippen molar-refractivity contribution in [3.8, 4) is 0 Å². The van der Waals surface area contributed by atoms with Crippen LogP contribution >= 0.6 is 22.6 Å². The van der Waals surface area contributed by atoms with Gasteiger partial charge in [-0.1, -0.05) is 12.1 Å². The van der Waals surface area contributed by atoms with Crippen LogP contribution in [0.3, 0.4) is 0 Å². The Labute approximate surface area is 127 Å². The van der Waals surface area contributed by atoms with E-state index < -0.39 is 22.3 Å². The van der Waals surface area contributed by atoms with Gasteiger partial charge in [-0.3, -0.25) is 14.9 Å². The zero-order valence-electron chi connectivity index (χ0n) is 9.97. The number of nitrogens with zero attached hydrogens (tertiary/aromatic N) is 1. The number of benzene rings is 2. The Hall–Kier alpha value is -2.03. The van der Waals surface area contributed by atoms with Crippen molar-refractivity contribution in [1.29, 1.82) is 0 Å². The van der Waals surface area contributed by atoms with E-state index in [-0.39, 0.29) is 5.69 Å². The lowest BCUT2D eigenvalue weighted by Crippen LogP contribution is -2.13. The Morgan fingerprint density at radius 2 is 1.95 bits per heavy atom. The van der Waals surface area contributed by atoms with E-state index in [1.54, 1.807) is 24.3 Å². The third-order valence-electron chi connectivity index (χ3n) is 2.47. The first kappa shape index (κ1) is 14.4. The van der Waals surface area contributed by atoms with Crippen LogP contribution in [0.4, 0.5) is 15.8 Å². The number of nitrogens with one attached hydrogen (secondary N) is 1. The number of anilines is 1. The first-order valence-corrected chi connectivity index (χ1v) is 6.56. The smallest absolute Gasteiger partial charge is 0.274 e. The Morgan fingerprint density at radius 1 is 1.25 bits per heavy atom. The van der Waals surface area contributed by atoms with Crippen molar-refractivity contribution in [1.82, 2.24) is 0 Å². The van der Waals surface area contributed by atoms with E-state index >= 15 is 0 Å². The van der Waals surface area contributed by atoms with Gasteiger partial charge in [-0.05, 0) is 40.8 Å². The standard InChI is InChI=1S/C13H8FIN2O3/c14-8-5-9(7-10(6-8)17(19)20)16-13(18)11-3-1-2-4-12(11)15/h1-7H,(H,16,18). The maximum atomic E-state index is 13.3. The van der Waals surface area contributed by atoms with Crippen molar-refractivity contribution in [2.24, 2.45) is 0 Å². The lowest BCUT2D eigenvalue weighted by molar-refractivity contribution is -0.385. The van der Waals surface area contributed by atoms with Crippen LogP contribution in [0, 0.1) is 19.5 Å². The summed E-state index contributed by atoms with van der Waals surface area (Å²) in [6.07, 6.45) is 0. The van der Waals surface area contributed by atoms with Crippen LogP contribution in [-0.4, -0.2) is 10.8 Å². The lowest BCUT2D eigenvalue weighted by atomic mass is 10.2. The van der Waals surface area contributed by atoms with E-state index in [1.165, 1.54) is 0 Å². The molecule has 0 aliphatic rings. The van der Waals surface area contributed by atoms with Gasteiger partial charge in [0.25, 0.3) is 11.6 Å². The zero-order chi connectivity index (χ0) is 14.7. The van der Waals surface area contributed by atoms with E-state index in [4.69, 9.17) is 0 Å². The monoisotopic (exact) mass is 386 g/mol. The second-order valence-corrected chi connectivity index (χ2v) is 5.05. The summed E-state index contributed by atoms with van der Waals surface area (Å²) in [4.78, 5) is 21.9. The molecule has 2 aromatic rings. The predicted molar refractivity (Wildman–Crippen MR) is 80.2 cm³/mol. The van der Waals surface area contributed by atoms with E-state index in [1.807, 2.05) is 22.6 Å². The highest BCUT2D eigenvalue weighted by Crippen LogP contribution is 2.21. The van der Waals surface area contributed by atoms with Gasteiger partial charge in [-0.25, -0.2) is 4.39 Å². The van der Waals surface area contributed by atoms with Gasteiger partial charge < -0.3 is 5.32 Å². The van der Waals surface area contributed by atoms with E-state index in [2.05, 4.69) is 5.32 Å². The number of nitro benzene ring substituents is 1. The average Bonchev–Trinajstić information content (AvgIpc) is 2.38. The molecule has 102 valence electrons. The predicted octanol–water partition coefficient (Wildman–Crippen LogP) is 3.59. The van der Waals surface area contributed by atoms with Gasteiger partial charge in [0, 0.05) is 9.64 Å². The number of rotatable bonds is 3. The second-order valence-electron chi connectivity index (χ2n) is 3.89. The first-order chi connectivity index (χ1) is 9.47. The number of carbonyl (C=O) groups is 1. The summed E-state index contributed by atoms with van der Waals surface area (Å²) in [6.45, 7) is 0. The van der Waals surface area contributed by atoms with Crippen molar-refractivity contribution < 1.29 is 14.1 Å². The number of halogens is 2. The highest BCUT2D eigenvalue weighted by molar-refractivity contribution is 14.1. The van der Waals surface area contributed by atoms with Gasteiger partial charge in [0.05, 0.1) is 22.2 Å². The number of hydrogen-bond acceptors (Lipinski definition) is 3. The van der Waals surface area contributed by atoms with Gasteiger partial charge in [0.2, 0.25) is 0 Å². The van der Waals surface area contributed by atoms with Gasteiger partial charge >= 0.3 is 0 Å². The molecule has 20 heavy (non-hydrogen) atoms. The highest BCUT2D eigenvalue weighted by atomic mass is 127. The molecule has 5 nitrogen and oxygen atoms in total. The molecule has 0 fully saturated rings. The molecule has 0 heterocycles.